The van der Waals surface area contributed by atoms with Crippen LogP contribution in [0.2, 0.25) is 0 Å². The molecule has 0 amide bonds. The molecule has 0 aliphatic heterocycles. The Morgan fingerprint density at radius 3 is 2.26 bits per heavy atom. The van der Waals surface area contributed by atoms with Crippen molar-refractivity contribution >= 4 is 5.65 Å². The molecule has 0 saturated carbocycles. The van der Waals surface area contributed by atoms with Gasteiger partial charge in [-0.05, 0) is 58.2 Å². The van der Waals surface area contributed by atoms with Crippen molar-refractivity contribution in [2.75, 3.05) is 0 Å². The van der Waals surface area contributed by atoms with E-state index in [1.165, 1.54) is 33.8 Å². The number of pyridine rings is 1. The van der Waals surface area contributed by atoms with Gasteiger partial charge in [0.1, 0.15) is 5.65 Å². The normalized spacial score (nSPS) is 10.6. The summed E-state index contributed by atoms with van der Waals surface area (Å²) in [6.45, 7) is 12.8. The molecule has 0 bridgehead atoms. The average Bonchev–Trinajstić information content (AvgIpc) is 2.72. The van der Waals surface area contributed by atoms with E-state index in [4.69, 9.17) is 4.98 Å². The Balaban J connectivity index is 2.65. The molecule has 0 aliphatic rings. The second-order valence-corrected chi connectivity index (χ2v) is 5.19. The molecule has 0 radical (unpaired) electrons. The van der Waals surface area contributed by atoms with Gasteiger partial charge in [-0.15, -0.1) is 11.8 Å². The number of fused-ring (bicyclic) bond motifs is 1. The van der Waals surface area contributed by atoms with E-state index in [9.17, 15) is 0 Å². The molecule has 2 aromatic rings. The second-order valence-electron chi connectivity index (χ2n) is 5.19. The Bertz CT molecular complexity index is 694. The van der Waals surface area contributed by atoms with Gasteiger partial charge in [-0.3, -0.25) is 0 Å². The number of rotatable bonds is 2. The standard InChI is InChI=1S/C17H22N2/c1-7-8-9-10-16-15(6)19-14(5)12(3)11(2)13(4)17(19)18-16/h9-10H2,1-6H3. The molecule has 0 spiro atoms. The first-order valence-corrected chi connectivity index (χ1v) is 6.83. The molecule has 100 valence electrons. The van der Waals surface area contributed by atoms with E-state index < -0.39 is 0 Å². The zero-order valence-electron chi connectivity index (χ0n) is 12.8. The molecule has 0 saturated heterocycles. The van der Waals surface area contributed by atoms with Crippen molar-refractivity contribution in [1.82, 2.24) is 9.38 Å². The highest BCUT2D eigenvalue weighted by Crippen LogP contribution is 2.25. The third-order valence-electron chi connectivity index (χ3n) is 4.21. The first-order valence-electron chi connectivity index (χ1n) is 6.83. The van der Waals surface area contributed by atoms with Gasteiger partial charge in [0.2, 0.25) is 0 Å². The fourth-order valence-electron chi connectivity index (χ4n) is 2.64. The maximum absolute atomic E-state index is 4.84. The van der Waals surface area contributed by atoms with Crippen molar-refractivity contribution < 1.29 is 0 Å². The van der Waals surface area contributed by atoms with Crippen molar-refractivity contribution in [3.63, 3.8) is 0 Å². The lowest BCUT2D eigenvalue weighted by molar-refractivity contribution is 0.943. The topological polar surface area (TPSA) is 17.3 Å². The zero-order valence-corrected chi connectivity index (χ0v) is 12.8. The first-order chi connectivity index (χ1) is 8.99. The Kier molecular flexibility index (Phi) is 3.66. The summed E-state index contributed by atoms with van der Waals surface area (Å²) in [5, 5.41) is 0. The molecule has 0 atom stereocenters. The van der Waals surface area contributed by atoms with Crippen LogP contribution in [0.5, 0.6) is 0 Å². The predicted molar refractivity (Wildman–Crippen MR) is 80.6 cm³/mol. The van der Waals surface area contributed by atoms with Crippen molar-refractivity contribution in [3.8, 4) is 11.8 Å². The van der Waals surface area contributed by atoms with Crippen molar-refractivity contribution in [2.45, 2.75) is 54.4 Å². The lowest BCUT2D eigenvalue weighted by Crippen LogP contribution is -2.02. The number of hydrogen-bond donors (Lipinski definition) is 0. The minimum absolute atomic E-state index is 0.886. The highest BCUT2D eigenvalue weighted by atomic mass is 15.0. The van der Waals surface area contributed by atoms with E-state index >= 15 is 0 Å². The summed E-state index contributed by atoms with van der Waals surface area (Å²) in [6.07, 6.45) is 1.82. The van der Waals surface area contributed by atoms with Crippen molar-refractivity contribution in [3.05, 3.63) is 33.8 Å². The molecule has 2 aromatic heterocycles. The first kappa shape index (κ1) is 13.7. The molecule has 19 heavy (non-hydrogen) atoms. The highest BCUT2D eigenvalue weighted by molar-refractivity contribution is 5.57. The van der Waals surface area contributed by atoms with Gasteiger partial charge in [0, 0.05) is 24.2 Å². The monoisotopic (exact) mass is 254 g/mol. The van der Waals surface area contributed by atoms with Gasteiger partial charge in [-0.25, -0.2) is 4.98 Å². The third-order valence-corrected chi connectivity index (χ3v) is 4.21. The molecule has 2 heterocycles. The fourth-order valence-corrected chi connectivity index (χ4v) is 2.64. The van der Waals surface area contributed by atoms with Crippen LogP contribution in [0.25, 0.3) is 5.65 Å². The van der Waals surface area contributed by atoms with Gasteiger partial charge in [-0.1, -0.05) is 0 Å². The molecular weight excluding hydrogens is 232 g/mol. The smallest absolute Gasteiger partial charge is 0.140 e. The van der Waals surface area contributed by atoms with Crippen molar-refractivity contribution in [2.24, 2.45) is 0 Å². The number of imidazole rings is 1. The number of aryl methyl sites for hydroxylation is 4. The summed E-state index contributed by atoms with van der Waals surface area (Å²) in [5.41, 5.74) is 8.86. The van der Waals surface area contributed by atoms with E-state index in [0.29, 0.717) is 0 Å². The van der Waals surface area contributed by atoms with E-state index in [0.717, 1.165) is 18.5 Å². The Hall–Kier alpha value is -1.75. The zero-order chi connectivity index (χ0) is 14.2. The van der Waals surface area contributed by atoms with Gasteiger partial charge in [0.15, 0.2) is 0 Å². The lowest BCUT2D eigenvalue weighted by atomic mass is 10.0. The summed E-state index contributed by atoms with van der Waals surface area (Å²) in [4.78, 5) is 4.84. The van der Waals surface area contributed by atoms with Crippen LogP contribution in [0.3, 0.4) is 0 Å². The van der Waals surface area contributed by atoms with E-state index in [1.54, 1.807) is 0 Å². The number of aromatic nitrogens is 2. The molecule has 0 N–H and O–H groups in total. The van der Waals surface area contributed by atoms with Gasteiger partial charge in [0.05, 0.1) is 5.69 Å². The minimum Gasteiger partial charge on any atom is -0.301 e. The van der Waals surface area contributed by atoms with Crippen LogP contribution in [-0.2, 0) is 6.42 Å². The fraction of sp³-hybridized carbons (Fsp3) is 0.471. The van der Waals surface area contributed by atoms with Crippen LogP contribution in [-0.4, -0.2) is 9.38 Å². The number of nitrogens with zero attached hydrogens (tertiary/aromatic N) is 2. The Morgan fingerprint density at radius 2 is 1.63 bits per heavy atom. The quantitative estimate of drug-likeness (QED) is 0.744. The lowest BCUT2D eigenvalue weighted by Gasteiger charge is -2.12. The molecule has 2 nitrogen and oxygen atoms in total. The Morgan fingerprint density at radius 1 is 0.947 bits per heavy atom. The van der Waals surface area contributed by atoms with Crippen molar-refractivity contribution in [1.29, 1.82) is 0 Å². The molecule has 2 heteroatoms. The van der Waals surface area contributed by atoms with Crippen LogP contribution in [0.15, 0.2) is 0 Å². The second kappa shape index (κ2) is 5.09. The summed E-state index contributed by atoms with van der Waals surface area (Å²) >= 11 is 0. The van der Waals surface area contributed by atoms with Crippen LogP contribution in [0.1, 0.15) is 47.1 Å². The predicted octanol–water partition coefficient (Wildman–Crippen LogP) is 3.83. The highest BCUT2D eigenvalue weighted by Gasteiger charge is 2.15. The number of hydrogen-bond acceptors (Lipinski definition) is 1. The summed E-state index contributed by atoms with van der Waals surface area (Å²) < 4.78 is 2.30. The molecular formula is C17H22N2. The van der Waals surface area contributed by atoms with E-state index in [2.05, 4.69) is 50.9 Å². The maximum atomic E-state index is 4.84. The molecule has 0 unspecified atom stereocenters. The average molecular weight is 254 g/mol. The SMILES string of the molecule is CC#CCCc1nc2c(C)c(C)c(C)c(C)n2c1C. The van der Waals surface area contributed by atoms with Gasteiger partial charge >= 0.3 is 0 Å². The van der Waals surface area contributed by atoms with Gasteiger partial charge in [0.25, 0.3) is 0 Å². The van der Waals surface area contributed by atoms with Crippen LogP contribution >= 0.6 is 0 Å². The summed E-state index contributed by atoms with van der Waals surface area (Å²) in [7, 11) is 0. The van der Waals surface area contributed by atoms with Crippen LogP contribution in [0.4, 0.5) is 0 Å². The molecule has 2 rings (SSSR count). The summed E-state index contributed by atoms with van der Waals surface area (Å²) in [5.74, 6) is 6.07. The van der Waals surface area contributed by atoms with E-state index in [1.807, 2.05) is 6.92 Å². The van der Waals surface area contributed by atoms with Gasteiger partial charge < -0.3 is 4.40 Å². The Labute approximate surface area is 115 Å². The van der Waals surface area contributed by atoms with E-state index in [-0.39, 0.29) is 0 Å². The molecule has 0 aromatic carbocycles. The van der Waals surface area contributed by atoms with Gasteiger partial charge in [-0.2, -0.15) is 0 Å². The largest absolute Gasteiger partial charge is 0.301 e. The molecule has 0 aliphatic carbocycles. The third kappa shape index (κ3) is 2.14. The minimum atomic E-state index is 0.886. The molecule has 0 fully saturated rings. The maximum Gasteiger partial charge on any atom is 0.140 e. The van der Waals surface area contributed by atoms with Crippen LogP contribution < -0.4 is 0 Å². The summed E-state index contributed by atoms with van der Waals surface area (Å²) in [6, 6.07) is 0. The van der Waals surface area contributed by atoms with Crippen LogP contribution in [0, 0.1) is 46.5 Å².